The van der Waals surface area contributed by atoms with Crippen molar-refractivity contribution in [2.24, 2.45) is 0 Å². The Hall–Kier alpha value is -4.31. The standard InChI is InChI=1S/C24H20N8OS/c33-24(26-16-18-11-13-25-22(15-18)31-14-6-12-27-31)20-9-4-5-10-21(20)34-17-23-28-29-30-32(23)19-7-2-1-3-8-19/h1-15H,16-17H2,(H,26,33). The first kappa shape index (κ1) is 21.5. The highest BCUT2D eigenvalue weighted by atomic mass is 32.2. The molecule has 0 fully saturated rings. The summed E-state index contributed by atoms with van der Waals surface area (Å²) in [5, 5.41) is 19.3. The Labute approximate surface area is 199 Å². The number of tetrazole rings is 1. The molecule has 0 aliphatic heterocycles. The van der Waals surface area contributed by atoms with Gasteiger partial charge in [-0.1, -0.05) is 30.3 Å². The zero-order chi connectivity index (χ0) is 23.2. The van der Waals surface area contributed by atoms with Gasteiger partial charge >= 0.3 is 0 Å². The number of hydrogen-bond donors (Lipinski definition) is 1. The number of carbonyl (C=O) groups is 1. The molecule has 0 spiro atoms. The Bertz CT molecular complexity index is 1390. The van der Waals surface area contributed by atoms with E-state index in [9.17, 15) is 4.79 Å². The zero-order valence-electron chi connectivity index (χ0n) is 18.0. The fraction of sp³-hybridized carbons (Fsp3) is 0.0833. The monoisotopic (exact) mass is 468 g/mol. The van der Waals surface area contributed by atoms with Crippen LogP contribution in [0.2, 0.25) is 0 Å². The van der Waals surface area contributed by atoms with E-state index in [0.29, 0.717) is 29.5 Å². The first-order valence-corrected chi connectivity index (χ1v) is 11.5. The topological polar surface area (TPSA) is 103 Å². The maximum absolute atomic E-state index is 13.0. The van der Waals surface area contributed by atoms with E-state index in [1.165, 1.54) is 11.8 Å². The fourth-order valence-electron chi connectivity index (χ4n) is 3.37. The van der Waals surface area contributed by atoms with Crippen LogP contribution in [-0.2, 0) is 12.3 Å². The van der Waals surface area contributed by atoms with Gasteiger partial charge in [0.25, 0.3) is 5.91 Å². The molecule has 168 valence electrons. The van der Waals surface area contributed by atoms with Gasteiger partial charge in [0.05, 0.1) is 17.0 Å². The van der Waals surface area contributed by atoms with Gasteiger partial charge in [-0.15, -0.1) is 16.9 Å². The summed E-state index contributed by atoms with van der Waals surface area (Å²) in [6, 6.07) is 22.8. The Balaban J connectivity index is 1.26. The largest absolute Gasteiger partial charge is 0.348 e. The molecule has 9 nitrogen and oxygen atoms in total. The molecule has 5 aromatic rings. The summed E-state index contributed by atoms with van der Waals surface area (Å²) in [7, 11) is 0. The Morgan fingerprint density at radius 1 is 0.971 bits per heavy atom. The number of amides is 1. The molecular weight excluding hydrogens is 448 g/mol. The second-order valence-corrected chi connectivity index (χ2v) is 8.30. The quantitative estimate of drug-likeness (QED) is 0.348. The second-order valence-electron chi connectivity index (χ2n) is 7.28. The SMILES string of the molecule is O=C(NCc1ccnc(-n2cccn2)c1)c1ccccc1SCc1nnnn1-c1ccccc1. The van der Waals surface area contributed by atoms with Crippen molar-refractivity contribution in [3.05, 3.63) is 108 Å². The Morgan fingerprint density at radius 3 is 2.68 bits per heavy atom. The molecule has 0 unspecified atom stereocenters. The van der Waals surface area contributed by atoms with Gasteiger partial charge < -0.3 is 5.32 Å². The second kappa shape index (κ2) is 10.1. The maximum Gasteiger partial charge on any atom is 0.252 e. The van der Waals surface area contributed by atoms with Gasteiger partial charge in [0.15, 0.2) is 11.6 Å². The minimum Gasteiger partial charge on any atom is -0.348 e. The van der Waals surface area contributed by atoms with E-state index < -0.39 is 0 Å². The Kier molecular flexibility index (Phi) is 6.39. The van der Waals surface area contributed by atoms with Crippen LogP contribution >= 0.6 is 11.8 Å². The third-order valence-corrected chi connectivity index (χ3v) is 6.09. The number of pyridine rings is 1. The highest BCUT2D eigenvalue weighted by Crippen LogP contribution is 2.26. The number of carbonyl (C=O) groups excluding carboxylic acids is 1. The van der Waals surface area contributed by atoms with E-state index in [1.54, 1.807) is 21.8 Å². The van der Waals surface area contributed by atoms with Crippen molar-refractivity contribution in [3.8, 4) is 11.5 Å². The fourth-order valence-corrected chi connectivity index (χ4v) is 4.32. The van der Waals surface area contributed by atoms with Crippen molar-refractivity contribution in [1.29, 1.82) is 0 Å². The number of rotatable bonds is 8. The molecule has 10 heteroatoms. The van der Waals surface area contributed by atoms with Crippen LogP contribution in [-0.4, -0.2) is 40.9 Å². The van der Waals surface area contributed by atoms with Crippen LogP contribution in [0, 0.1) is 0 Å². The number of hydrogen-bond acceptors (Lipinski definition) is 7. The Morgan fingerprint density at radius 2 is 1.82 bits per heavy atom. The average Bonchev–Trinajstić information content (AvgIpc) is 3.60. The lowest BCUT2D eigenvalue weighted by Gasteiger charge is -2.11. The molecule has 0 radical (unpaired) electrons. The van der Waals surface area contributed by atoms with Crippen molar-refractivity contribution < 1.29 is 4.79 Å². The molecule has 2 aromatic carbocycles. The van der Waals surface area contributed by atoms with Crippen molar-refractivity contribution in [2.75, 3.05) is 0 Å². The van der Waals surface area contributed by atoms with Crippen LogP contribution in [0.5, 0.6) is 0 Å². The lowest BCUT2D eigenvalue weighted by atomic mass is 10.2. The molecule has 34 heavy (non-hydrogen) atoms. The molecule has 0 aliphatic rings. The molecule has 0 saturated heterocycles. The van der Waals surface area contributed by atoms with Crippen LogP contribution in [0.25, 0.3) is 11.5 Å². The highest BCUT2D eigenvalue weighted by Gasteiger charge is 2.14. The van der Waals surface area contributed by atoms with Gasteiger partial charge in [-0.25, -0.2) is 9.67 Å². The molecule has 0 saturated carbocycles. The zero-order valence-corrected chi connectivity index (χ0v) is 18.8. The minimum absolute atomic E-state index is 0.150. The summed E-state index contributed by atoms with van der Waals surface area (Å²) in [4.78, 5) is 18.2. The minimum atomic E-state index is -0.150. The lowest BCUT2D eigenvalue weighted by molar-refractivity contribution is 0.0948. The predicted molar refractivity (Wildman–Crippen MR) is 128 cm³/mol. The van der Waals surface area contributed by atoms with Gasteiger partial charge in [0.2, 0.25) is 0 Å². The van der Waals surface area contributed by atoms with Gasteiger partial charge in [-0.2, -0.15) is 9.78 Å². The van der Waals surface area contributed by atoms with Crippen LogP contribution in [0.3, 0.4) is 0 Å². The van der Waals surface area contributed by atoms with E-state index in [4.69, 9.17) is 0 Å². The normalized spacial score (nSPS) is 10.8. The van der Waals surface area contributed by atoms with E-state index >= 15 is 0 Å². The number of nitrogens with one attached hydrogen (secondary N) is 1. The highest BCUT2D eigenvalue weighted by molar-refractivity contribution is 7.98. The summed E-state index contributed by atoms with van der Waals surface area (Å²) in [5.41, 5.74) is 2.43. The van der Waals surface area contributed by atoms with Crippen molar-refractivity contribution in [2.45, 2.75) is 17.2 Å². The molecule has 0 aliphatic carbocycles. The molecule has 1 N–H and O–H groups in total. The van der Waals surface area contributed by atoms with E-state index in [0.717, 1.165) is 16.1 Å². The van der Waals surface area contributed by atoms with Gasteiger partial charge in [-0.3, -0.25) is 4.79 Å². The first-order chi connectivity index (χ1) is 16.8. The number of para-hydroxylation sites is 1. The van der Waals surface area contributed by atoms with Gasteiger partial charge in [0.1, 0.15) is 0 Å². The third-order valence-electron chi connectivity index (χ3n) is 5.03. The summed E-state index contributed by atoms with van der Waals surface area (Å²) in [6.07, 6.45) is 5.23. The predicted octanol–water partition coefficient (Wildman–Crippen LogP) is 3.47. The average molecular weight is 469 g/mol. The summed E-state index contributed by atoms with van der Waals surface area (Å²) >= 11 is 1.52. The van der Waals surface area contributed by atoms with Crippen molar-refractivity contribution >= 4 is 17.7 Å². The number of benzene rings is 2. The van der Waals surface area contributed by atoms with Crippen molar-refractivity contribution in [3.63, 3.8) is 0 Å². The third kappa shape index (κ3) is 4.86. The summed E-state index contributed by atoms with van der Waals surface area (Å²) < 4.78 is 3.39. The molecular formula is C24H20N8OS. The van der Waals surface area contributed by atoms with E-state index in [2.05, 4.69) is 30.9 Å². The van der Waals surface area contributed by atoms with E-state index in [-0.39, 0.29) is 5.91 Å². The van der Waals surface area contributed by atoms with Crippen LogP contribution in [0.4, 0.5) is 0 Å². The maximum atomic E-state index is 13.0. The smallest absolute Gasteiger partial charge is 0.252 e. The molecule has 0 atom stereocenters. The van der Waals surface area contributed by atoms with Crippen LogP contribution in [0.1, 0.15) is 21.7 Å². The summed E-state index contributed by atoms with van der Waals surface area (Å²) in [6.45, 7) is 0.376. The van der Waals surface area contributed by atoms with Crippen molar-refractivity contribution in [1.82, 2.24) is 40.3 Å². The molecule has 3 heterocycles. The van der Waals surface area contributed by atoms with Crippen LogP contribution < -0.4 is 5.32 Å². The van der Waals surface area contributed by atoms with Crippen LogP contribution in [0.15, 0.2) is 96.3 Å². The number of nitrogens with zero attached hydrogens (tertiary/aromatic N) is 7. The molecule has 3 aromatic heterocycles. The molecule has 5 rings (SSSR count). The number of thioether (sulfide) groups is 1. The lowest BCUT2D eigenvalue weighted by Crippen LogP contribution is -2.23. The van der Waals surface area contributed by atoms with Gasteiger partial charge in [-0.05, 0) is 58.5 Å². The first-order valence-electron chi connectivity index (χ1n) is 10.6. The molecule has 1 amide bonds. The number of aromatic nitrogens is 7. The summed E-state index contributed by atoms with van der Waals surface area (Å²) in [5.74, 6) is 1.77. The van der Waals surface area contributed by atoms with E-state index in [1.807, 2.05) is 79.0 Å². The molecule has 0 bridgehead atoms. The van der Waals surface area contributed by atoms with Gasteiger partial charge in [0, 0.05) is 30.0 Å².